The lowest BCUT2D eigenvalue weighted by Gasteiger charge is -2.07. The summed E-state index contributed by atoms with van der Waals surface area (Å²) in [6, 6.07) is 18.1. The number of aromatic nitrogens is 1. The maximum atomic E-state index is 12.4. The number of unbranched alkanes of at least 4 members (excludes halogenated alkanes) is 2. The van der Waals surface area contributed by atoms with Crippen LogP contribution in [0.15, 0.2) is 54.6 Å². The number of carbonyl (C=O) groups excluding carboxylic acids is 1. The van der Waals surface area contributed by atoms with Crippen LogP contribution in [0.5, 0.6) is 0 Å². The fourth-order valence-corrected chi connectivity index (χ4v) is 3.08. The van der Waals surface area contributed by atoms with Crippen molar-refractivity contribution in [1.82, 2.24) is 4.98 Å². The van der Waals surface area contributed by atoms with Crippen LogP contribution in [0.1, 0.15) is 37.3 Å². The number of aromatic amines is 1. The Morgan fingerprint density at radius 1 is 1.00 bits per heavy atom. The first-order valence-corrected chi connectivity index (χ1v) is 8.71. The van der Waals surface area contributed by atoms with E-state index in [0.29, 0.717) is 6.42 Å². The third-order valence-electron chi connectivity index (χ3n) is 4.32. The molecule has 0 fully saturated rings. The molecule has 3 aromatic rings. The Morgan fingerprint density at radius 3 is 2.54 bits per heavy atom. The number of nitrogens with one attached hydrogen (secondary N) is 2. The van der Waals surface area contributed by atoms with Gasteiger partial charge in [0.2, 0.25) is 5.91 Å². The summed E-state index contributed by atoms with van der Waals surface area (Å²) in [5.74, 6) is 0.873. The molecule has 0 bridgehead atoms. The Bertz CT molecular complexity index is 805. The van der Waals surface area contributed by atoms with Gasteiger partial charge in [-0.25, -0.2) is 0 Å². The van der Waals surface area contributed by atoms with Gasteiger partial charge in [-0.1, -0.05) is 68.3 Å². The van der Waals surface area contributed by atoms with Crippen LogP contribution in [0.3, 0.4) is 0 Å². The summed E-state index contributed by atoms with van der Waals surface area (Å²) in [4.78, 5) is 15.8. The van der Waals surface area contributed by atoms with Crippen molar-refractivity contribution in [3.8, 4) is 0 Å². The second-order valence-corrected chi connectivity index (χ2v) is 6.19. The van der Waals surface area contributed by atoms with E-state index in [2.05, 4.69) is 35.4 Å². The van der Waals surface area contributed by atoms with E-state index in [0.717, 1.165) is 29.7 Å². The van der Waals surface area contributed by atoms with Gasteiger partial charge in [-0.05, 0) is 24.5 Å². The molecule has 0 atom stereocenters. The molecule has 0 spiro atoms. The van der Waals surface area contributed by atoms with Gasteiger partial charge in [0.25, 0.3) is 0 Å². The van der Waals surface area contributed by atoms with Crippen LogP contribution in [0.4, 0.5) is 5.82 Å². The van der Waals surface area contributed by atoms with Crippen molar-refractivity contribution in [2.75, 3.05) is 5.32 Å². The van der Waals surface area contributed by atoms with E-state index in [1.54, 1.807) is 0 Å². The van der Waals surface area contributed by atoms with Gasteiger partial charge in [0, 0.05) is 16.5 Å². The molecule has 0 unspecified atom stereocenters. The average molecular weight is 320 g/mol. The molecule has 2 aromatic carbocycles. The number of benzene rings is 2. The van der Waals surface area contributed by atoms with Crippen LogP contribution in [-0.4, -0.2) is 10.9 Å². The van der Waals surface area contributed by atoms with E-state index >= 15 is 0 Å². The standard InChI is InChI=1S/C21H24N2O/c1-2-3-5-13-18-17-12-8-9-14-19(17)22-21(18)23-20(24)15-16-10-6-4-7-11-16/h4,6-12,14,22H,2-3,5,13,15H2,1H3,(H,23,24). The largest absolute Gasteiger partial charge is 0.341 e. The summed E-state index contributed by atoms with van der Waals surface area (Å²) in [5.41, 5.74) is 3.33. The molecule has 1 aromatic heterocycles. The Labute approximate surface area is 143 Å². The highest BCUT2D eigenvalue weighted by Crippen LogP contribution is 2.28. The lowest BCUT2D eigenvalue weighted by molar-refractivity contribution is -0.115. The van der Waals surface area contributed by atoms with Crippen LogP contribution in [0.2, 0.25) is 0 Å². The minimum Gasteiger partial charge on any atom is -0.341 e. The van der Waals surface area contributed by atoms with E-state index < -0.39 is 0 Å². The lowest BCUT2D eigenvalue weighted by atomic mass is 10.1. The van der Waals surface area contributed by atoms with Crippen molar-refractivity contribution < 1.29 is 4.79 Å². The minimum absolute atomic E-state index is 0.0181. The Morgan fingerprint density at radius 2 is 1.75 bits per heavy atom. The van der Waals surface area contributed by atoms with Gasteiger partial charge in [-0.3, -0.25) is 4.79 Å². The van der Waals surface area contributed by atoms with Crippen LogP contribution in [-0.2, 0) is 17.6 Å². The zero-order valence-corrected chi connectivity index (χ0v) is 14.1. The quantitative estimate of drug-likeness (QED) is 0.586. The number of amides is 1. The SMILES string of the molecule is CCCCCc1c(NC(=O)Cc2ccccc2)[nH]c2ccccc12. The molecular formula is C21H24N2O. The van der Waals surface area contributed by atoms with Crippen molar-refractivity contribution in [3.05, 3.63) is 65.7 Å². The van der Waals surface area contributed by atoms with E-state index in [1.165, 1.54) is 23.8 Å². The molecule has 24 heavy (non-hydrogen) atoms. The highest BCUT2D eigenvalue weighted by Gasteiger charge is 2.13. The van der Waals surface area contributed by atoms with Gasteiger partial charge in [-0.15, -0.1) is 0 Å². The Kier molecular flexibility index (Phi) is 5.32. The predicted octanol–water partition coefficient (Wildman–Crippen LogP) is 5.08. The third kappa shape index (κ3) is 3.85. The van der Waals surface area contributed by atoms with Crippen molar-refractivity contribution in [3.63, 3.8) is 0 Å². The molecule has 0 saturated heterocycles. The van der Waals surface area contributed by atoms with Gasteiger partial charge in [0.15, 0.2) is 0 Å². The van der Waals surface area contributed by atoms with E-state index in [-0.39, 0.29) is 5.91 Å². The molecule has 0 aliphatic carbocycles. The molecule has 2 N–H and O–H groups in total. The number of fused-ring (bicyclic) bond motifs is 1. The van der Waals surface area contributed by atoms with Gasteiger partial charge < -0.3 is 10.3 Å². The maximum absolute atomic E-state index is 12.4. The summed E-state index contributed by atoms with van der Waals surface area (Å²) in [6.45, 7) is 2.21. The average Bonchev–Trinajstić information content (AvgIpc) is 2.93. The second kappa shape index (κ2) is 7.82. The fourth-order valence-electron chi connectivity index (χ4n) is 3.08. The number of hydrogen-bond donors (Lipinski definition) is 2. The first-order valence-electron chi connectivity index (χ1n) is 8.71. The molecule has 0 aliphatic heterocycles. The van der Waals surface area contributed by atoms with Crippen molar-refractivity contribution in [2.45, 2.75) is 39.0 Å². The highest BCUT2D eigenvalue weighted by molar-refractivity contribution is 5.97. The lowest BCUT2D eigenvalue weighted by Crippen LogP contribution is -2.15. The molecule has 0 aliphatic rings. The Hall–Kier alpha value is -2.55. The van der Waals surface area contributed by atoms with Crippen LogP contribution >= 0.6 is 0 Å². The van der Waals surface area contributed by atoms with Crippen molar-refractivity contribution in [1.29, 1.82) is 0 Å². The molecule has 124 valence electrons. The molecule has 3 nitrogen and oxygen atoms in total. The predicted molar refractivity (Wildman–Crippen MR) is 100 cm³/mol. The van der Waals surface area contributed by atoms with Crippen molar-refractivity contribution >= 4 is 22.6 Å². The number of carbonyl (C=O) groups is 1. The molecule has 1 heterocycles. The monoisotopic (exact) mass is 320 g/mol. The maximum Gasteiger partial charge on any atom is 0.229 e. The summed E-state index contributed by atoms with van der Waals surface area (Å²) < 4.78 is 0. The summed E-state index contributed by atoms with van der Waals surface area (Å²) in [7, 11) is 0. The van der Waals surface area contributed by atoms with Crippen LogP contribution in [0, 0.1) is 0 Å². The van der Waals surface area contributed by atoms with Crippen LogP contribution < -0.4 is 5.32 Å². The highest BCUT2D eigenvalue weighted by atomic mass is 16.1. The number of hydrogen-bond acceptors (Lipinski definition) is 1. The molecular weight excluding hydrogens is 296 g/mol. The topological polar surface area (TPSA) is 44.9 Å². The number of aryl methyl sites for hydroxylation is 1. The number of rotatable bonds is 7. The number of anilines is 1. The zero-order valence-electron chi connectivity index (χ0n) is 14.1. The van der Waals surface area contributed by atoms with E-state index in [1.807, 2.05) is 36.4 Å². The second-order valence-electron chi connectivity index (χ2n) is 6.19. The normalized spacial score (nSPS) is 10.9. The molecule has 0 radical (unpaired) electrons. The minimum atomic E-state index is 0.0181. The van der Waals surface area contributed by atoms with Crippen LogP contribution in [0.25, 0.3) is 10.9 Å². The summed E-state index contributed by atoms with van der Waals surface area (Å²) in [5, 5.41) is 4.29. The molecule has 3 rings (SSSR count). The fraction of sp³-hybridized carbons (Fsp3) is 0.286. The molecule has 1 amide bonds. The summed E-state index contributed by atoms with van der Waals surface area (Å²) >= 11 is 0. The van der Waals surface area contributed by atoms with Crippen molar-refractivity contribution in [2.24, 2.45) is 0 Å². The molecule has 3 heteroatoms. The van der Waals surface area contributed by atoms with Gasteiger partial charge in [0.05, 0.1) is 6.42 Å². The Balaban J connectivity index is 1.79. The van der Waals surface area contributed by atoms with Gasteiger partial charge in [0.1, 0.15) is 5.82 Å². The number of para-hydroxylation sites is 1. The molecule has 0 saturated carbocycles. The zero-order chi connectivity index (χ0) is 16.8. The first kappa shape index (κ1) is 16.3. The van der Waals surface area contributed by atoms with Gasteiger partial charge >= 0.3 is 0 Å². The number of H-pyrrole nitrogens is 1. The first-order chi connectivity index (χ1) is 11.8. The third-order valence-corrected chi connectivity index (χ3v) is 4.32. The smallest absolute Gasteiger partial charge is 0.229 e. The van der Waals surface area contributed by atoms with E-state index in [9.17, 15) is 4.79 Å². The summed E-state index contributed by atoms with van der Waals surface area (Å²) in [6.07, 6.45) is 4.91. The van der Waals surface area contributed by atoms with E-state index in [4.69, 9.17) is 0 Å². The van der Waals surface area contributed by atoms with Gasteiger partial charge in [-0.2, -0.15) is 0 Å².